The predicted molar refractivity (Wildman–Crippen MR) is 47.2 cm³/mol. The van der Waals surface area contributed by atoms with Crippen LogP contribution < -0.4 is 0 Å². The number of rotatable bonds is 1. The van der Waals surface area contributed by atoms with Crippen LogP contribution in [-0.4, -0.2) is 13.0 Å². The van der Waals surface area contributed by atoms with Gasteiger partial charge in [0.05, 0.1) is 5.41 Å². The minimum atomic E-state index is -3.90. The van der Waals surface area contributed by atoms with Crippen LogP contribution in [0.5, 0.6) is 0 Å². The summed E-state index contributed by atoms with van der Waals surface area (Å²) < 4.78 is 26.6. The SMILES string of the molecule is C=CS(=O)(=O)O.c1cc2ccc1-2. The summed E-state index contributed by atoms with van der Waals surface area (Å²) in [5, 5.41) is 0.465. The topological polar surface area (TPSA) is 54.4 Å². The number of benzene rings is 1. The van der Waals surface area contributed by atoms with E-state index < -0.39 is 10.1 Å². The van der Waals surface area contributed by atoms with E-state index in [0.29, 0.717) is 5.41 Å². The Bertz CT molecular complexity index is 343. The van der Waals surface area contributed by atoms with E-state index in [-0.39, 0.29) is 0 Å². The van der Waals surface area contributed by atoms with Gasteiger partial charge in [-0.2, -0.15) is 8.42 Å². The van der Waals surface area contributed by atoms with E-state index in [0.717, 1.165) is 0 Å². The summed E-state index contributed by atoms with van der Waals surface area (Å²) in [6.45, 7) is 2.79. The first-order valence-corrected chi connectivity index (χ1v) is 4.73. The molecular formula is C8H8O3S. The summed E-state index contributed by atoms with van der Waals surface area (Å²) in [5.74, 6) is 0. The van der Waals surface area contributed by atoms with Crippen LogP contribution >= 0.6 is 0 Å². The van der Waals surface area contributed by atoms with Crippen LogP contribution in [-0.2, 0) is 10.1 Å². The van der Waals surface area contributed by atoms with Crippen LogP contribution in [0.15, 0.2) is 36.3 Å². The van der Waals surface area contributed by atoms with E-state index in [9.17, 15) is 8.42 Å². The van der Waals surface area contributed by atoms with Crippen molar-refractivity contribution >= 4 is 10.1 Å². The Morgan fingerprint density at radius 1 is 1.17 bits per heavy atom. The first-order valence-electron chi connectivity index (χ1n) is 3.23. The van der Waals surface area contributed by atoms with Crippen LogP contribution in [0.1, 0.15) is 0 Å². The van der Waals surface area contributed by atoms with Crippen molar-refractivity contribution in [2.75, 3.05) is 0 Å². The smallest absolute Gasteiger partial charge is 0.282 e. The molecule has 0 saturated heterocycles. The lowest BCUT2D eigenvalue weighted by atomic mass is 9.95. The molecule has 0 heterocycles. The van der Waals surface area contributed by atoms with Crippen molar-refractivity contribution in [1.29, 1.82) is 0 Å². The van der Waals surface area contributed by atoms with E-state index in [1.54, 1.807) is 0 Å². The summed E-state index contributed by atoms with van der Waals surface area (Å²) in [7, 11) is -3.90. The van der Waals surface area contributed by atoms with E-state index in [1.807, 2.05) is 0 Å². The lowest BCUT2D eigenvalue weighted by Gasteiger charge is -2.10. The second kappa shape index (κ2) is 3.08. The highest BCUT2D eigenvalue weighted by atomic mass is 32.2. The van der Waals surface area contributed by atoms with E-state index in [4.69, 9.17) is 4.55 Å². The third kappa shape index (κ3) is 2.18. The van der Waals surface area contributed by atoms with Crippen LogP contribution in [0.2, 0.25) is 0 Å². The van der Waals surface area contributed by atoms with Gasteiger partial charge in [-0.1, -0.05) is 30.8 Å². The lowest BCUT2D eigenvalue weighted by molar-refractivity contribution is 0.494. The van der Waals surface area contributed by atoms with Gasteiger partial charge in [-0.05, 0) is 11.1 Å². The van der Waals surface area contributed by atoms with Gasteiger partial charge in [0.15, 0.2) is 0 Å². The third-order valence-electron chi connectivity index (χ3n) is 1.43. The molecule has 0 aromatic heterocycles. The largest absolute Gasteiger partial charge is 0.287 e. The molecule has 0 aromatic carbocycles. The Kier molecular flexibility index (Phi) is 2.30. The average Bonchev–Trinajstić information content (AvgIpc) is 1.96. The molecular weight excluding hydrogens is 176 g/mol. The van der Waals surface area contributed by atoms with Gasteiger partial charge in [-0.15, -0.1) is 0 Å². The second-order valence-corrected chi connectivity index (χ2v) is 3.62. The van der Waals surface area contributed by atoms with Crippen molar-refractivity contribution in [3.8, 4) is 11.1 Å². The lowest BCUT2D eigenvalue weighted by Crippen LogP contribution is -1.86. The van der Waals surface area contributed by atoms with Gasteiger partial charge in [0, 0.05) is 0 Å². The van der Waals surface area contributed by atoms with Crippen molar-refractivity contribution in [3.05, 3.63) is 36.3 Å². The first-order chi connectivity index (χ1) is 5.53. The van der Waals surface area contributed by atoms with Gasteiger partial charge >= 0.3 is 0 Å². The maximum Gasteiger partial charge on any atom is 0.287 e. The molecule has 0 aromatic rings. The summed E-state index contributed by atoms with van der Waals surface area (Å²) >= 11 is 0. The zero-order valence-electron chi connectivity index (χ0n) is 6.27. The molecule has 3 nitrogen and oxygen atoms in total. The second-order valence-electron chi connectivity index (χ2n) is 2.26. The van der Waals surface area contributed by atoms with E-state index >= 15 is 0 Å². The fraction of sp³-hybridized carbons (Fsp3) is 0. The van der Waals surface area contributed by atoms with Crippen molar-refractivity contribution in [2.45, 2.75) is 0 Å². The molecule has 0 aliphatic heterocycles. The Morgan fingerprint density at radius 3 is 1.42 bits per heavy atom. The molecule has 0 amide bonds. The zero-order valence-corrected chi connectivity index (χ0v) is 7.08. The van der Waals surface area contributed by atoms with Gasteiger partial charge in [0.25, 0.3) is 10.1 Å². The molecule has 0 bridgehead atoms. The maximum atomic E-state index is 9.44. The number of hydrogen-bond donors (Lipinski definition) is 1. The fourth-order valence-electron chi connectivity index (χ4n) is 0.663. The highest BCUT2D eigenvalue weighted by Gasteiger charge is 2.03. The van der Waals surface area contributed by atoms with Gasteiger partial charge in [0.2, 0.25) is 0 Å². The average molecular weight is 184 g/mol. The van der Waals surface area contributed by atoms with E-state index in [1.165, 1.54) is 11.1 Å². The molecule has 12 heavy (non-hydrogen) atoms. The number of hydrogen-bond acceptors (Lipinski definition) is 2. The third-order valence-corrected chi connectivity index (χ3v) is 1.85. The Hall–Kier alpha value is -1.13. The van der Waals surface area contributed by atoms with Crippen molar-refractivity contribution in [1.82, 2.24) is 0 Å². The Balaban J connectivity index is 0.000000120. The summed E-state index contributed by atoms with van der Waals surface area (Å²) in [6.07, 6.45) is 0. The van der Waals surface area contributed by atoms with E-state index in [2.05, 4.69) is 30.8 Å². The molecule has 0 saturated carbocycles. The summed E-state index contributed by atoms with van der Waals surface area (Å²) in [6, 6.07) is 8.48. The zero-order chi connectivity index (χ0) is 9.19. The van der Waals surface area contributed by atoms with Crippen LogP contribution in [0, 0.1) is 0 Å². The van der Waals surface area contributed by atoms with Crippen molar-refractivity contribution < 1.29 is 13.0 Å². The molecule has 2 aliphatic carbocycles. The first kappa shape index (κ1) is 8.96. The van der Waals surface area contributed by atoms with Gasteiger partial charge in [-0.25, -0.2) is 0 Å². The van der Waals surface area contributed by atoms with Gasteiger partial charge in [0.1, 0.15) is 0 Å². The van der Waals surface area contributed by atoms with Crippen LogP contribution in [0.4, 0.5) is 0 Å². The summed E-state index contributed by atoms with van der Waals surface area (Å²) in [4.78, 5) is 0. The maximum absolute atomic E-state index is 9.44. The quantitative estimate of drug-likeness (QED) is 0.686. The van der Waals surface area contributed by atoms with Crippen LogP contribution in [0.3, 0.4) is 0 Å². The Morgan fingerprint density at radius 2 is 1.42 bits per heavy atom. The fourth-order valence-corrected chi connectivity index (χ4v) is 0.663. The number of fused-ring (bicyclic) bond motifs is 1. The molecule has 0 radical (unpaired) electrons. The van der Waals surface area contributed by atoms with Crippen LogP contribution in [0.25, 0.3) is 11.1 Å². The molecule has 4 heteroatoms. The Labute approximate surface area is 71.1 Å². The molecule has 0 unspecified atom stereocenters. The molecule has 2 aliphatic rings. The predicted octanol–water partition coefficient (Wildman–Crippen LogP) is 1.68. The van der Waals surface area contributed by atoms with Crippen molar-refractivity contribution in [3.63, 3.8) is 0 Å². The molecule has 1 N–H and O–H groups in total. The standard InChI is InChI=1S/C6H4.C2H4O3S/c1-2-6-4-3-5(1)6;1-2-6(3,4)5/h1-4H;2H,1H2,(H,3,4,5). The summed E-state index contributed by atoms with van der Waals surface area (Å²) in [5.41, 5.74) is 2.85. The highest BCUT2D eigenvalue weighted by Crippen LogP contribution is 2.29. The monoisotopic (exact) mass is 184 g/mol. The van der Waals surface area contributed by atoms with Gasteiger partial charge in [-0.3, -0.25) is 4.55 Å². The minimum Gasteiger partial charge on any atom is -0.282 e. The van der Waals surface area contributed by atoms with Crippen molar-refractivity contribution in [2.24, 2.45) is 0 Å². The molecule has 0 atom stereocenters. The molecule has 64 valence electrons. The molecule has 2 rings (SSSR count). The molecule has 0 fully saturated rings. The normalized spacial score (nSPS) is 11.1. The minimum absolute atomic E-state index is 0.465. The van der Waals surface area contributed by atoms with Gasteiger partial charge < -0.3 is 0 Å². The molecule has 0 spiro atoms. The highest BCUT2D eigenvalue weighted by molar-refractivity contribution is 7.88.